The maximum Gasteiger partial charge on any atom is 0.338 e. The molecule has 5 heteroatoms. The minimum atomic E-state index is -1.00. The monoisotopic (exact) mass is 255 g/mol. The molecule has 1 N–H and O–H groups in total. The number of carboxylic acids is 1. The van der Waals surface area contributed by atoms with Gasteiger partial charge in [0.05, 0.1) is 5.56 Å². The van der Waals surface area contributed by atoms with E-state index in [0.29, 0.717) is 5.95 Å². The molecule has 0 unspecified atom stereocenters. The van der Waals surface area contributed by atoms with E-state index >= 15 is 0 Å². The number of hydrogen-bond acceptors (Lipinski definition) is 4. The molecule has 1 aliphatic heterocycles. The summed E-state index contributed by atoms with van der Waals surface area (Å²) in [5, 5.41) is 8.82. The maximum atomic E-state index is 10.8. The second-order valence-corrected chi connectivity index (χ2v) is 4.52. The lowest BCUT2D eigenvalue weighted by Gasteiger charge is -2.28. The van der Waals surface area contributed by atoms with Crippen molar-refractivity contribution in [2.24, 2.45) is 0 Å². The summed E-state index contributed by atoms with van der Waals surface area (Å²) in [4.78, 5) is 21.1. The lowest BCUT2D eigenvalue weighted by atomic mass is 10.0. The van der Waals surface area contributed by atoms with Crippen molar-refractivity contribution < 1.29 is 9.90 Å². The molecule has 1 aromatic heterocycles. The van der Waals surface area contributed by atoms with Gasteiger partial charge in [0, 0.05) is 25.5 Å². The third-order valence-corrected chi connectivity index (χ3v) is 3.30. The van der Waals surface area contributed by atoms with Gasteiger partial charge >= 0.3 is 5.97 Å². The molecule has 0 amide bonds. The minimum Gasteiger partial charge on any atom is -0.478 e. The lowest BCUT2D eigenvalue weighted by Crippen LogP contribution is -2.31. The van der Waals surface area contributed by atoms with Crippen LogP contribution in [0.5, 0.6) is 0 Å². The Labute approximate surface area is 110 Å². The highest BCUT2D eigenvalue weighted by atomic mass is 16.4. The second-order valence-electron chi connectivity index (χ2n) is 4.52. The molecule has 0 aliphatic carbocycles. The van der Waals surface area contributed by atoms with Gasteiger partial charge in [0.25, 0.3) is 0 Å². The number of anilines is 1. The van der Waals surface area contributed by atoms with Crippen molar-refractivity contribution in [3.05, 3.63) is 53.3 Å². The molecular formula is C14H13N3O2. The summed E-state index contributed by atoms with van der Waals surface area (Å²) in [7, 11) is 0. The third kappa shape index (κ3) is 2.27. The molecule has 0 fully saturated rings. The van der Waals surface area contributed by atoms with Crippen LogP contribution in [0.4, 0.5) is 5.95 Å². The van der Waals surface area contributed by atoms with E-state index in [1.165, 1.54) is 23.5 Å². The molecule has 96 valence electrons. The van der Waals surface area contributed by atoms with E-state index in [4.69, 9.17) is 5.11 Å². The van der Waals surface area contributed by atoms with Crippen LogP contribution in [0.2, 0.25) is 0 Å². The molecule has 1 aliphatic rings. The fourth-order valence-electron chi connectivity index (χ4n) is 2.26. The van der Waals surface area contributed by atoms with E-state index in [0.717, 1.165) is 19.5 Å². The van der Waals surface area contributed by atoms with Crippen molar-refractivity contribution >= 4 is 11.9 Å². The average molecular weight is 255 g/mol. The van der Waals surface area contributed by atoms with E-state index in [1.807, 2.05) is 12.1 Å². The Morgan fingerprint density at radius 3 is 2.53 bits per heavy atom. The zero-order chi connectivity index (χ0) is 13.2. The van der Waals surface area contributed by atoms with E-state index in [1.54, 1.807) is 0 Å². The van der Waals surface area contributed by atoms with Crippen molar-refractivity contribution in [1.29, 1.82) is 0 Å². The second kappa shape index (κ2) is 4.68. The molecule has 0 saturated heterocycles. The minimum absolute atomic E-state index is 0.112. The van der Waals surface area contributed by atoms with Crippen LogP contribution >= 0.6 is 0 Å². The Morgan fingerprint density at radius 2 is 1.84 bits per heavy atom. The SMILES string of the molecule is O=C(O)c1cnc(N2CCc3ccccc3C2)nc1. The van der Waals surface area contributed by atoms with Gasteiger partial charge in [-0.25, -0.2) is 14.8 Å². The van der Waals surface area contributed by atoms with E-state index in [2.05, 4.69) is 27.0 Å². The molecule has 0 saturated carbocycles. The van der Waals surface area contributed by atoms with Crippen LogP contribution in [-0.4, -0.2) is 27.6 Å². The molecule has 5 nitrogen and oxygen atoms in total. The standard InChI is InChI=1S/C14H13N3O2/c18-13(19)12-7-15-14(16-8-12)17-6-5-10-3-1-2-4-11(10)9-17/h1-4,7-8H,5-6,9H2,(H,18,19). The number of aromatic nitrogens is 2. The van der Waals surface area contributed by atoms with Crippen LogP contribution in [0.1, 0.15) is 21.5 Å². The Bertz CT molecular complexity index is 610. The lowest BCUT2D eigenvalue weighted by molar-refractivity contribution is 0.0696. The van der Waals surface area contributed by atoms with Crippen molar-refractivity contribution in [2.45, 2.75) is 13.0 Å². The number of carbonyl (C=O) groups is 1. The van der Waals surface area contributed by atoms with Gasteiger partial charge in [-0.2, -0.15) is 0 Å². The van der Waals surface area contributed by atoms with Gasteiger partial charge in [-0.3, -0.25) is 0 Å². The molecular weight excluding hydrogens is 242 g/mol. The number of carboxylic acid groups (broad SMARTS) is 1. The molecule has 2 aromatic rings. The Balaban J connectivity index is 1.83. The normalized spacial score (nSPS) is 14.0. The summed E-state index contributed by atoms with van der Waals surface area (Å²) in [6.07, 6.45) is 3.66. The molecule has 0 spiro atoms. The van der Waals surface area contributed by atoms with E-state index in [-0.39, 0.29) is 5.56 Å². The highest BCUT2D eigenvalue weighted by Crippen LogP contribution is 2.21. The summed E-state index contributed by atoms with van der Waals surface area (Å²) in [6, 6.07) is 8.32. The van der Waals surface area contributed by atoms with E-state index in [9.17, 15) is 4.79 Å². The quantitative estimate of drug-likeness (QED) is 0.885. The Kier molecular flexibility index (Phi) is 2.87. The predicted octanol–water partition coefficient (Wildman–Crippen LogP) is 1.74. The van der Waals surface area contributed by atoms with Crippen LogP contribution in [-0.2, 0) is 13.0 Å². The number of rotatable bonds is 2. The molecule has 2 heterocycles. The molecule has 0 atom stereocenters. The van der Waals surface area contributed by atoms with Crippen molar-refractivity contribution in [1.82, 2.24) is 9.97 Å². The van der Waals surface area contributed by atoms with E-state index < -0.39 is 5.97 Å². The van der Waals surface area contributed by atoms with Crippen LogP contribution < -0.4 is 4.90 Å². The van der Waals surface area contributed by atoms with Crippen LogP contribution in [0.25, 0.3) is 0 Å². The van der Waals surface area contributed by atoms with Crippen LogP contribution in [0, 0.1) is 0 Å². The zero-order valence-corrected chi connectivity index (χ0v) is 10.3. The summed E-state index contributed by atoms with van der Waals surface area (Å²) in [5.74, 6) is -0.421. The topological polar surface area (TPSA) is 66.3 Å². The third-order valence-electron chi connectivity index (χ3n) is 3.30. The first kappa shape index (κ1) is 11.6. The van der Waals surface area contributed by atoms with Crippen molar-refractivity contribution in [2.75, 3.05) is 11.4 Å². The fourth-order valence-corrected chi connectivity index (χ4v) is 2.26. The van der Waals surface area contributed by atoms with Gasteiger partial charge < -0.3 is 10.0 Å². The highest BCUT2D eigenvalue weighted by Gasteiger charge is 2.18. The Hall–Kier alpha value is -2.43. The highest BCUT2D eigenvalue weighted by molar-refractivity contribution is 5.86. The number of nitrogens with zero attached hydrogens (tertiary/aromatic N) is 3. The summed E-state index contributed by atoms with van der Waals surface area (Å²) < 4.78 is 0. The molecule has 19 heavy (non-hydrogen) atoms. The van der Waals surface area contributed by atoms with Crippen molar-refractivity contribution in [3.8, 4) is 0 Å². The summed E-state index contributed by atoms with van der Waals surface area (Å²) in [5.41, 5.74) is 2.75. The summed E-state index contributed by atoms with van der Waals surface area (Å²) >= 11 is 0. The van der Waals surface area contributed by atoms with Crippen molar-refractivity contribution in [3.63, 3.8) is 0 Å². The van der Waals surface area contributed by atoms with Gasteiger partial charge in [-0.15, -0.1) is 0 Å². The molecule has 0 bridgehead atoms. The van der Waals surface area contributed by atoms with Crippen LogP contribution in [0.3, 0.4) is 0 Å². The number of fused-ring (bicyclic) bond motifs is 1. The fraction of sp³-hybridized carbons (Fsp3) is 0.214. The number of aromatic carboxylic acids is 1. The molecule has 3 rings (SSSR count). The molecule has 1 aromatic carbocycles. The summed E-state index contributed by atoms with van der Waals surface area (Å²) in [6.45, 7) is 1.62. The number of hydrogen-bond donors (Lipinski definition) is 1. The Morgan fingerprint density at radius 1 is 1.16 bits per heavy atom. The van der Waals surface area contributed by atoms with Gasteiger partial charge in [0.15, 0.2) is 0 Å². The van der Waals surface area contributed by atoms with Crippen LogP contribution in [0.15, 0.2) is 36.7 Å². The largest absolute Gasteiger partial charge is 0.478 e. The average Bonchev–Trinajstić information content (AvgIpc) is 2.47. The maximum absolute atomic E-state index is 10.8. The molecule has 0 radical (unpaired) electrons. The number of benzene rings is 1. The van der Waals surface area contributed by atoms with Gasteiger partial charge in [-0.05, 0) is 17.5 Å². The predicted molar refractivity (Wildman–Crippen MR) is 70.2 cm³/mol. The van der Waals surface area contributed by atoms with Gasteiger partial charge in [0.2, 0.25) is 5.95 Å². The first-order valence-corrected chi connectivity index (χ1v) is 6.11. The first-order chi connectivity index (χ1) is 9.24. The first-order valence-electron chi connectivity index (χ1n) is 6.11. The zero-order valence-electron chi connectivity index (χ0n) is 10.3. The van der Waals surface area contributed by atoms with Gasteiger partial charge in [0.1, 0.15) is 0 Å². The smallest absolute Gasteiger partial charge is 0.338 e. The van der Waals surface area contributed by atoms with Gasteiger partial charge in [-0.1, -0.05) is 24.3 Å².